The molecule has 1 amide bonds. The molecule has 1 unspecified atom stereocenters. The van der Waals surface area contributed by atoms with Gasteiger partial charge in [0.1, 0.15) is 11.0 Å². The van der Waals surface area contributed by atoms with E-state index in [0.717, 1.165) is 17.2 Å². The van der Waals surface area contributed by atoms with E-state index in [4.69, 9.17) is 4.74 Å². The van der Waals surface area contributed by atoms with Gasteiger partial charge in [-0.15, -0.1) is 11.3 Å². The average Bonchev–Trinajstić information content (AvgIpc) is 2.73. The molecule has 1 aliphatic heterocycles. The van der Waals surface area contributed by atoms with E-state index in [9.17, 15) is 4.79 Å². The molecule has 16 heavy (non-hydrogen) atoms. The van der Waals surface area contributed by atoms with E-state index in [0.29, 0.717) is 19.8 Å². The van der Waals surface area contributed by atoms with Crippen molar-refractivity contribution in [3.05, 3.63) is 16.1 Å². The fraction of sp³-hybridized carbons (Fsp3) is 0.600. The zero-order valence-corrected chi connectivity index (χ0v) is 9.97. The van der Waals surface area contributed by atoms with Crippen LogP contribution in [0.1, 0.15) is 10.7 Å². The average molecular weight is 241 g/mol. The zero-order valence-electron chi connectivity index (χ0n) is 9.16. The lowest BCUT2D eigenvalue weighted by Gasteiger charge is -2.22. The molecule has 2 N–H and O–H groups in total. The molecule has 1 atom stereocenters. The third-order valence-corrected chi connectivity index (χ3v) is 3.29. The number of carbonyl (C=O) groups excluding carboxylic acids is 1. The van der Waals surface area contributed by atoms with Crippen LogP contribution in [0.2, 0.25) is 0 Å². The molecule has 1 aromatic rings. The minimum absolute atomic E-state index is 0.0208. The van der Waals surface area contributed by atoms with Crippen LogP contribution in [0.15, 0.2) is 5.38 Å². The monoisotopic (exact) mass is 241 g/mol. The Balaban J connectivity index is 1.78. The number of nitrogens with one attached hydrogen (secondary N) is 2. The van der Waals surface area contributed by atoms with Crippen LogP contribution in [0.25, 0.3) is 0 Å². The second-order valence-corrected chi connectivity index (χ2v) is 4.62. The van der Waals surface area contributed by atoms with Crippen molar-refractivity contribution in [2.75, 3.05) is 19.8 Å². The van der Waals surface area contributed by atoms with Crippen LogP contribution in [-0.4, -0.2) is 36.7 Å². The Morgan fingerprint density at radius 1 is 1.81 bits per heavy atom. The predicted molar refractivity (Wildman–Crippen MR) is 61.3 cm³/mol. The second kappa shape index (κ2) is 5.38. The summed E-state index contributed by atoms with van der Waals surface area (Å²) in [5.74, 6) is -0.0208. The van der Waals surface area contributed by atoms with Crippen molar-refractivity contribution in [2.24, 2.45) is 0 Å². The lowest BCUT2D eigenvalue weighted by atomic mass is 10.2. The number of hydrogen-bond acceptors (Lipinski definition) is 5. The maximum atomic E-state index is 11.7. The first-order valence-electron chi connectivity index (χ1n) is 5.25. The summed E-state index contributed by atoms with van der Waals surface area (Å²) in [5.41, 5.74) is 0.994. The van der Waals surface area contributed by atoms with Gasteiger partial charge in [-0.2, -0.15) is 0 Å². The summed E-state index contributed by atoms with van der Waals surface area (Å²) in [4.78, 5) is 16.0. The molecule has 1 fully saturated rings. The van der Waals surface area contributed by atoms with Crippen LogP contribution in [-0.2, 0) is 16.1 Å². The van der Waals surface area contributed by atoms with Crippen molar-refractivity contribution < 1.29 is 9.53 Å². The van der Waals surface area contributed by atoms with Crippen LogP contribution in [0, 0.1) is 6.92 Å². The molecule has 1 aliphatic rings. The molecule has 0 aliphatic carbocycles. The topological polar surface area (TPSA) is 63.2 Å². The van der Waals surface area contributed by atoms with Gasteiger partial charge < -0.3 is 15.4 Å². The number of carbonyl (C=O) groups is 1. The number of thiazole rings is 1. The Morgan fingerprint density at radius 2 is 2.69 bits per heavy atom. The highest BCUT2D eigenvalue weighted by Gasteiger charge is 2.20. The van der Waals surface area contributed by atoms with Gasteiger partial charge in [0, 0.05) is 17.6 Å². The molecular weight excluding hydrogens is 226 g/mol. The van der Waals surface area contributed by atoms with Gasteiger partial charge in [0.05, 0.1) is 19.8 Å². The number of nitrogens with zero attached hydrogens (tertiary/aromatic N) is 1. The quantitative estimate of drug-likeness (QED) is 0.785. The molecule has 5 nitrogen and oxygen atoms in total. The highest BCUT2D eigenvalue weighted by molar-refractivity contribution is 7.09. The fourth-order valence-corrected chi connectivity index (χ4v) is 2.22. The smallest absolute Gasteiger partial charge is 0.239 e. The maximum absolute atomic E-state index is 11.7. The Morgan fingerprint density at radius 3 is 3.31 bits per heavy atom. The molecule has 1 aromatic heterocycles. The minimum atomic E-state index is -0.227. The van der Waals surface area contributed by atoms with Crippen molar-refractivity contribution in [1.82, 2.24) is 15.6 Å². The Kier molecular flexibility index (Phi) is 3.87. The lowest BCUT2D eigenvalue weighted by molar-refractivity contribution is -0.126. The predicted octanol–water partition coefficient (Wildman–Crippen LogP) is 0.0561. The number of morpholine rings is 1. The summed E-state index contributed by atoms with van der Waals surface area (Å²) >= 11 is 1.56. The number of aromatic nitrogens is 1. The number of rotatable bonds is 3. The van der Waals surface area contributed by atoms with E-state index in [1.165, 1.54) is 0 Å². The van der Waals surface area contributed by atoms with Crippen molar-refractivity contribution in [1.29, 1.82) is 0 Å². The highest BCUT2D eigenvalue weighted by atomic mass is 32.1. The lowest BCUT2D eigenvalue weighted by Crippen LogP contribution is -2.51. The molecule has 2 heterocycles. The van der Waals surface area contributed by atoms with E-state index in [2.05, 4.69) is 15.6 Å². The number of aryl methyl sites for hydroxylation is 1. The third kappa shape index (κ3) is 3.01. The van der Waals surface area contributed by atoms with Gasteiger partial charge in [0.2, 0.25) is 5.91 Å². The van der Waals surface area contributed by atoms with E-state index < -0.39 is 0 Å². The van der Waals surface area contributed by atoms with Crippen LogP contribution >= 0.6 is 11.3 Å². The summed E-state index contributed by atoms with van der Waals surface area (Å²) in [6.07, 6.45) is 0. The van der Waals surface area contributed by atoms with E-state index in [1.54, 1.807) is 11.3 Å². The molecule has 6 heteroatoms. The van der Waals surface area contributed by atoms with Crippen LogP contribution in [0.4, 0.5) is 0 Å². The maximum Gasteiger partial charge on any atom is 0.239 e. The fourth-order valence-electron chi connectivity index (χ4n) is 1.50. The van der Waals surface area contributed by atoms with Gasteiger partial charge in [-0.3, -0.25) is 4.79 Å². The van der Waals surface area contributed by atoms with Gasteiger partial charge in [0.25, 0.3) is 0 Å². The summed E-state index contributed by atoms with van der Waals surface area (Å²) < 4.78 is 5.22. The SMILES string of the molecule is Cc1csc(CNC(=O)C2COCCN2)n1. The van der Waals surface area contributed by atoms with Gasteiger partial charge >= 0.3 is 0 Å². The number of ether oxygens (including phenoxy) is 1. The molecule has 0 spiro atoms. The molecule has 0 saturated carbocycles. The first-order chi connectivity index (χ1) is 7.75. The van der Waals surface area contributed by atoms with Crippen molar-refractivity contribution in [3.8, 4) is 0 Å². The molecule has 0 radical (unpaired) electrons. The summed E-state index contributed by atoms with van der Waals surface area (Å²) in [6.45, 7) is 4.29. The molecular formula is C10H15N3O2S. The Hall–Kier alpha value is -0.980. The van der Waals surface area contributed by atoms with Crippen molar-refractivity contribution in [3.63, 3.8) is 0 Å². The summed E-state index contributed by atoms with van der Waals surface area (Å²) in [5, 5.41) is 8.86. The Labute approximate surface area is 98.2 Å². The molecule has 0 aromatic carbocycles. The van der Waals surface area contributed by atoms with Crippen molar-refractivity contribution >= 4 is 17.2 Å². The standard InChI is InChI=1S/C10H15N3O2S/c1-7-6-16-9(13-7)4-12-10(14)8-5-15-3-2-11-8/h6,8,11H,2-5H2,1H3,(H,12,14). The zero-order chi connectivity index (χ0) is 11.4. The minimum Gasteiger partial charge on any atom is -0.378 e. The summed E-state index contributed by atoms with van der Waals surface area (Å²) in [7, 11) is 0. The summed E-state index contributed by atoms with van der Waals surface area (Å²) in [6, 6.07) is -0.227. The number of hydrogen-bond donors (Lipinski definition) is 2. The normalized spacial score (nSPS) is 20.7. The van der Waals surface area contributed by atoms with Crippen LogP contribution in [0.5, 0.6) is 0 Å². The second-order valence-electron chi connectivity index (χ2n) is 3.68. The van der Waals surface area contributed by atoms with E-state index >= 15 is 0 Å². The van der Waals surface area contributed by atoms with E-state index in [-0.39, 0.29) is 11.9 Å². The van der Waals surface area contributed by atoms with Gasteiger partial charge in [-0.1, -0.05) is 0 Å². The molecule has 88 valence electrons. The van der Waals surface area contributed by atoms with Gasteiger partial charge in [-0.05, 0) is 6.92 Å². The van der Waals surface area contributed by atoms with Gasteiger partial charge in [0.15, 0.2) is 0 Å². The van der Waals surface area contributed by atoms with Gasteiger partial charge in [-0.25, -0.2) is 4.98 Å². The molecule has 2 rings (SSSR count). The van der Waals surface area contributed by atoms with E-state index in [1.807, 2.05) is 12.3 Å². The highest BCUT2D eigenvalue weighted by Crippen LogP contribution is 2.07. The first-order valence-corrected chi connectivity index (χ1v) is 6.13. The molecule has 0 bridgehead atoms. The number of amides is 1. The first kappa shape index (κ1) is 11.5. The van der Waals surface area contributed by atoms with Crippen LogP contribution < -0.4 is 10.6 Å². The van der Waals surface area contributed by atoms with Crippen LogP contribution in [0.3, 0.4) is 0 Å². The third-order valence-electron chi connectivity index (χ3n) is 2.32. The Bertz CT molecular complexity index is 361. The largest absolute Gasteiger partial charge is 0.378 e. The van der Waals surface area contributed by atoms with Crippen molar-refractivity contribution in [2.45, 2.75) is 19.5 Å². The molecule has 1 saturated heterocycles.